The molecular weight excluding hydrogens is 622 g/mol. The highest BCUT2D eigenvalue weighted by molar-refractivity contribution is 5.99. The largest absolute Gasteiger partial charge is 0.496 e. The molecular formula is C34H37F4N3O6. The molecule has 3 amide bonds. The third-order valence-electron chi connectivity index (χ3n) is 9.63. The summed E-state index contributed by atoms with van der Waals surface area (Å²) in [6.45, 7) is 0.0510. The summed E-state index contributed by atoms with van der Waals surface area (Å²) in [5, 5.41) is 17.2. The smallest absolute Gasteiger partial charge is 0.419 e. The van der Waals surface area contributed by atoms with Crippen molar-refractivity contribution < 1.29 is 46.5 Å². The van der Waals surface area contributed by atoms with Gasteiger partial charge in [0.1, 0.15) is 17.2 Å². The fourth-order valence-electron chi connectivity index (χ4n) is 6.95. The third-order valence-corrected chi connectivity index (χ3v) is 9.63. The van der Waals surface area contributed by atoms with Gasteiger partial charge >= 0.3 is 6.18 Å². The van der Waals surface area contributed by atoms with Crippen LogP contribution in [0.25, 0.3) is 0 Å². The average Bonchev–Trinajstić information content (AvgIpc) is 3.97. The summed E-state index contributed by atoms with van der Waals surface area (Å²) in [6, 6.07) is 6.65. The van der Waals surface area contributed by atoms with Crippen LogP contribution in [0.15, 0.2) is 48.0 Å². The van der Waals surface area contributed by atoms with Crippen molar-refractivity contribution in [2.75, 3.05) is 25.6 Å². The number of alkyl halides is 3. The summed E-state index contributed by atoms with van der Waals surface area (Å²) in [5.41, 5.74) is -0.596. The number of carbonyl (C=O) groups is 3. The predicted molar refractivity (Wildman–Crippen MR) is 162 cm³/mol. The fourth-order valence-corrected chi connectivity index (χ4v) is 6.95. The summed E-state index contributed by atoms with van der Waals surface area (Å²) in [5.74, 6) is -3.08. The Hall–Kier alpha value is -3.97. The normalized spacial score (nSPS) is 25.0. The number of anilines is 1. The predicted octanol–water partition coefficient (Wildman–Crippen LogP) is 4.74. The van der Waals surface area contributed by atoms with Gasteiger partial charge < -0.3 is 30.5 Å². The zero-order valence-electron chi connectivity index (χ0n) is 25.8. The van der Waals surface area contributed by atoms with Crippen LogP contribution in [-0.2, 0) is 27.1 Å². The average molecular weight is 660 g/mol. The molecule has 4 aliphatic rings. The van der Waals surface area contributed by atoms with E-state index in [1.165, 1.54) is 7.11 Å². The first-order chi connectivity index (χ1) is 22.4. The molecule has 0 spiro atoms. The van der Waals surface area contributed by atoms with E-state index in [9.17, 15) is 31.9 Å². The molecule has 9 nitrogen and oxygen atoms in total. The molecule has 2 unspecified atom stereocenters. The van der Waals surface area contributed by atoms with Crippen molar-refractivity contribution in [3.8, 4) is 5.75 Å². The van der Waals surface area contributed by atoms with E-state index in [1.807, 2.05) is 0 Å². The van der Waals surface area contributed by atoms with Crippen LogP contribution in [0.4, 0.5) is 23.2 Å². The van der Waals surface area contributed by atoms with Crippen LogP contribution >= 0.6 is 0 Å². The van der Waals surface area contributed by atoms with Crippen molar-refractivity contribution in [1.29, 1.82) is 0 Å². The van der Waals surface area contributed by atoms with E-state index >= 15 is 0 Å². The maximum Gasteiger partial charge on any atom is 0.419 e. The monoisotopic (exact) mass is 659 g/mol. The van der Waals surface area contributed by atoms with E-state index in [2.05, 4.69) is 22.0 Å². The van der Waals surface area contributed by atoms with Gasteiger partial charge in [0.25, 0.3) is 11.8 Å². The van der Waals surface area contributed by atoms with Gasteiger partial charge in [0.05, 0.1) is 37.4 Å². The maximum absolute atomic E-state index is 13.9. The SMILES string of the molecule is COc1cc(COC2(C(=O)NCCO)CC2)ccc1C(=O)N[C@@H]1C2CCC(/C2=C/C2CC2)[C@@H]1C(=O)Nc1ccc(F)c(C(F)(F)F)c1. The number of fused-ring (bicyclic) bond motifs is 2. The minimum absolute atomic E-state index is 0.0915. The van der Waals surface area contributed by atoms with E-state index in [0.717, 1.165) is 30.9 Å². The summed E-state index contributed by atoms with van der Waals surface area (Å²) in [4.78, 5) is 39.9. The molecule has 4 atom stereocenters. The molecule has 0 aromatic heterocycles. The minimum atomic E-state index is -4.93. The topological polar surface area (TPSA) is 126 Å². The third kappa shape index (κ3) is 6.87. The van der Waals surface area contributed by atoms with Gasteiger partial charge in [-0.15, -0.1) is 0 Å². The van der Waals surface area contributed by atoms with Gasteiger partial charge in [-0.05, 0) is 86.3 Å². The Morgan fingerprint density at radius 3 is 2.45 bits per heavy atom. The number of allylic oxidation sites excluding steroid dienone is 1. The fraction of sp³-hybridized carbons (Fsp3) is 0.500. The van der Waals surface area contributed by atoms with Crippen molar-refractivity contribution in [2.45, 2.75) is 63.0 Å². The molecule has 47 heavy (non-hydrogen) atoms. The number of methoxy groups -OCH3 is 1. The van der Waals surface area contributed by atoms with Gasteiger partial charge in [0.2, 0.25) is 5.91 Å². The van der Waals surface area contributed by atoms with Gasteiger partial charge in [0.15, 0.2) is 0 Å². The number of hydrogen-bond acceptors (Lipinski definition) is 6. The second-order valence-corrected chi connectivity index (χ2v) is 12.8. The number of carbonyl (C=O) groups excluding carboxylic acids is 3. The van der Waals surface area contributed by atoms with Gasteiger partial charge in [-0.25, -0.2) is 4.39 Å². The van der Waals surface area contributed by atoms with E-state index in [-0.39, 0.29) is 54.5 Å². The summed E-state index contributed by atoms with van der Waals surface area (Å²) in [7, 11) is 1.42. The van der Waals surface area contributed by atoms with Crippen LogP contribution in [0.3, 0.4) is 0 Å². The van der Waals surface area contributed by atoms with Crippen LogP contribution in [0.1, 0.15) is 60.0 Å². The first-order valence-electron chi connectivity index (χ1n) is 15.8. The second-order valence-electron chi connectivity index (χ2n) is 12.8. The van der Waals surface area contributed by atoms with Crippen molar-refractivity contribution in [2.24, 2.45) is 23.7 Å². The Labute approximate surface area is 269 Å². The lowest BCUT2D eigenvalue weighted by Crippen LogP contribution is -2.48. The summed E-state index contributed by atoms with van der Waals surface area (Å²) >= 11 is 0. The second kappa shape index (κ2) is 12.9. The number of hydrogen-bond donors (Lipinski definition) is 4. The van der Waals surface area contributed by atoms with E-state index in [1.54, 1.807) is 18.2 Å². The number of ether oxygens (including phenoxy) is 2. The van der Waals surface area contributed by atoms with E-state index in [0.29, 0.717) is 42.9 Å². The number of aliphatic hydroxyl groups excluding tert-OH is 1. The number of benzene rings is 2. The Kier molecular flexibility index (Phi) is 9.05. The lowest BCUT2D eigenvalue weighted by atomic mass is 9.83. The molecule has 4 aliphatic carbocycles. The molecule has 4 fully saturated rings. The molecule has 0 aliphatic heterocycles. The van der Waals surface area contributed by atoms with Crippen molar-refractivity contribution >= 4 is 23.4 Å². The van der Waals surface area contributed by atoms with Crippen LogP contribution in [-0.4, -0.2) is 54.7 Å². The lowest BCUT2D eigenvalue weighted by Gasteiger charge is -2.30. The van der Waals surface area contributed by atoms with Gasteiger partial charge in [-0.2, -0.15) is 13.2 Å². The first kappa shape index (κ1) is 33.0. The minimum Gasteiger partial charge on any atom is -0.496 e. The highest BCUT2D eigenvalue weighted by Crippen LogP contribution is 2.54. The molecule has 0 radical (unpaired) electrons. The Balaban J connectivity index is 1.19. The maximum atomic E-state index is 13.9. The first-order valence-corrected chi connectivity index (χ1v) is 15.8. The van der Waals surface area contributed by atoms with Crippen molar-refractivity contribution in [3.63, 3.8) is 0 Å². The van der Waals surface area contributed by atoms with E-state index in [4.69, 9.17) is 14.6 Å². The van der Waals surface area contributed by atoms with Crippen LogP contribution in [0.5, 0.6) is 5.75 Å². The lowest BCUT2D eigenvalue weighted by molar-refractivity contribution is -0.140. The van der Waals surface area contributed by atoms with Crippen LogP contribution < -0.4 is 20.7 Å². The Morgan fingerprint density at radius 2 is 1.79 bits per heavy atom. The molecule has 6 rings (SSSR count). The highest BCUT2D eigenvalue weighted by atomic mass is 19.4. The van der Waals surface area contributed by atoms with Gasteiger partial charge in [-0.1, -0.05) is 17.7 Å². The standard InChI is InChI=1S/C34H37F4N3O6/c1-46-27-15-19(17-47-33(10-11-33)32(45)39-12-13-42)4-6-23(27)30(43)41-29-22-8-7-21(24(22)14-18-2-3-18)28(29)31(44)40-20-5-9-26(35)25(16-20)34(36,37)38/h4-6,9,14-16,18,21-22,28-29,42H,2-3,7-8,10-13,17H2,1H3,(H,39,45)(H,40,44)(H,41,43)/b24-14-/t21?,22?,28-,29+/m0/s1. The molecule has 2 aromatic carbocycles. The Morgan fingerprint density at radius 1 is 1.04 bits per heavy atom. The highest BCUT2D eigenvalue weighted by Gasteiger charge is 2.55. The molecule has 4 saturated carbocycles. The van der Waals surface area contributed by atoms with Gasteiger partial charge in [-0.3, -0.25) is 14.4 Å². The number of aliphatic hydroxyl groups is 1. The molecule has 252 valence electrons. The van der Waals surface area contributed by atoms with Gasteiger partial charge in [0, 0.05) is 24.2 Å². The molecule has 13 heteroatoms. The number of amides is 3. The van der Waals surface area contributed by atoms with Crippen LogP contribution in [0.2, 0.25) is 0 Å². The molecule has 0 saturated heterocycles. The number of nitrogens with one attached hydrogen (secondary N) is 3. The summed E-state index contributed by atoms with van der Waals surface area (Å²) < 4.78 is 65.4. The quantitative estimate of drug-likeness (QED) is 0.193. The number of halogens is 4. The summed E-state index contributed by atoms with van der Waals surface area (Å²) in [6.07, 6.45) is 1.95. The zero-order valence-corrected chi connectivity index (χ0v) is 25.8. The molecule has 0 heterocycles. The Bertz CT molecular complexity index is 1590. The number of rotatable bonds is 12. The van der Waals surface area contributed by atoms with Crippen LogP contribution in [0, 0.1) is 29.5 Å². The molecule has 2 aromatic rings. The molecule has 4 N–H and O–H groups in total. The zero-order chi connectivity index (χ0) is 33.5. The van der Waals surface area contributed by atoms with Crippen molar-refractivity contribution in [3.05, 3.63) is 70.6 Å². The molecule has 2 bridgehead atoms. The van der Waals surface area contributed by atoms with Crippen molar-refractivity contribution in [1.82, 2.24) is 10.6 Å². The van der Waals surface area contributed by atoms with E-state index < -0.39 is 46.9 Å².